The molecule has 0 spiro atoms. The Morgan fingerprint density at radius 1 is 1.17 bits per heavy atom. The van der Waals surface area contributed by atoms with Crippen molar-refractivity contribution < 1.29 is 19.4 Å². The highest BCUT2D eigenvalue weighted by molar-refractivity contribution is 5.87. The lowest BCUT2D eigenvalue weighted by Crippen LogP contribution is -2.57. The van der Waals surface area contributed by atoms with Gasteiger partial charge in [0.05, 0.1) is 13.2 Å². The minimum atomic E-state index is -0.214. The van der Waals surface area contributed by atoms with E-state index in [2.05, 4.69) is 20.8 Å². The number of ether oxygens (including phenoxy) is 1. The van der Waals surface area contributed by atoms with E-state index in [9.17, 15) is 14.7 Å². The van der Waals surface area contributed by atoms with E-state index < -0.39 is 0 Å². The van der Waals surface area contributed by atoms with Crippen molar-refractivity contribution in [3.8, 4) is 0 Å². The summed E-state index contributed by atoms with van der Waals surface area (Å²) < 4.78 is 4.83. The normalized spacial score (nSPS) is 47.7. The average Bonchev–Trinajstić information content (AvgIpc) is 3.06. The van der Waals surface area contributed by atoms with Crippen molar-refractivity contribution in [3.05, 3.63) is 0 Å². The number of esters is 1. The van der Waals surface area contributed by atoms with Crippen LogP contribution >= 0.6 is 0 Å². The minimum Gasteiger partial charge on any atom is -0.469 e. The molecule has 0 radical (unpaired) electrons. The summed E-state index contributed by atoms with van der Waals surface area (Å²) in [7, 11) is 1.45. The van der Waals surface area contributed by atoms with Crippen LogP contribution in [0.1, 0.15) is 85.0 Å². The predicted molar refractivity (Wildman–Crippen MR) is 112 cm³/mol. The van der Waals surface area contributed by atoms with Crippen LogP contribution in [0, 0.1) is 46.3 Å². The van der Waals surface area contributed by atoms with Gasteiger partial charge in [-0.1, -0.05) is 20.8 Å². The maximum absolute atomic E-state index is 13.7. The summed E-state index contributed by atoms with van der Waals surface area (Å²) in [5, 5.41) is 10.2. The Hall–Kier alpha value is -0.900. The molecule has 0 aromatic carbocycles. The third kappa shape index (κ3) is 3.28. The summed E-state index contributed by atoms with van der Waals surface area (Å²) in [6.45, 7) is 6.94. The highest BCUT2D eigenvalue weighted by atomic mass is 16.5. The van der Waals surface area contributed by atoms with Gasteiger partial charge in [-0.25, -0.2) is 0 Å². The monoisotopic (exact) mass is 404 g/mol. The first-order valence-corrected chi connectivity index (χ1v) is 12.0. The number of carbonyl (C=O) groups is 2. The predicted octanol–water partition coefficient (Wildman–Crippen LogP) is 4.77. The Balaban J connectivity index is 1.54. The second-order valence-electron chi connectivity index (χ2n) is 11.3. The van der Waals surface area contributed by atoms with Gasteiger partial charge in [-0.2, -0.15) is 0 Å². The topological polar surface area (TPSA) is 63.6 Å². The summed E-state index contributed by atoms with van der Waals surface area (Å²) >= 11 is 0. The lowest BCUT2D eigenvalue weighted by atomic mass is 9.44. The maximum Gasteiger partial charge on any atom is 0.305 e. The second kappa shape index (κ2) is 7.66. The Morgan fingerprint density at radius 2 is 1.93 bits per heavy atom. The van der Waals surface area contributed by atoms with Crippen molar-refractivity contribution in [1.82, 2.24) is 0 Å². The standard InChI is InChI=1S/C25H40O4/c1-15(5-10-23(28)29-4)19-8-9-20-18-7-6-16-13-17(26)11-12-24(16,2)21(18)14-22(27)25(19,20)3/h15-21,26H,5-14H2,1-4H3/t15-,16-,17-,18+,19-,20+,21+,24-,25-/m0/s1. The van der Waals surface area contributed by atoms with Crippen LogP contribution in [0.25, 0.3) is 0 Å². The van der Waals surface area contributed by atoms with Gasteiger partial charge in [-0.15, -0.1) is 0 Å². The van der Waals surface area contributed by atoms with Gasteiger partial charge in [0.1, 0.15) is 5.78 Å². The van der Waals surface area contributed by atoms with Crippen LogP contribution in [0.15, 0.2) is 0 Å². The number of aliphatic hydroxyl groups is 1. The molecule has 9 atom stereocenters. The third-order valence-corrected chi connectivity index (χ3v) is 10.3. The van der Waals surface area contributed by atoms with Crippen LogP contribution in [0.5, 0.6) is 0 Å². The van der Waals surface area contributed by atoms with Gasteiger partial charge in [-0.05, 0) is 92.3 Å². The molecule has 1 N–H and O–H groups in total. The lowest BCUT2D eigenvalue weighted by Gasteiger charge is -2.60. The summed E-state index contributed by atoms with van der Waals surface area (Å²) in [5.41, 5.74) is 0.0157. The number of fused-ring (bicyclic) bond motifs is 5. The van der Waals surface area contributed by atoms with Crippen molar-refractivity contribution in [3.63, 3.8) is 0 Å². The van der Waals surface area contributed by atoms with Crippen LogP contribution in [0.2, 0.25) is 0 Å². The number of aliphatic hydroxyl groups excluding tert-OH is 1. The van der Waals surface area contributed by atoms with Gasteiger partial charge in [-0.3, -0.25) is 9.59 Å². The molecule has 164 valence electrons. The van der Waals surface area contributed by atoms with E-state index in [0.29, 0.717) is 47.7 Å². The number of methoxy groups -OCH3 is 1. The molecule has 4 rings (SSSR count). The molecule has 4 fully saturated rings. The van der Waals surface area contributed by atoms with Gasteiger partial charge in [0.15, 0.2) is 0 Å². The zero-order chi connectivity index (χ0) is 21.0. The molecule has 0 amide bonds. The van der Waals surface area contributed by atoms with Crippen LogP contribution < -0.4 is 0 Å². The first kappa shape index (κ1) is 21.3. The number of Topliss-reactive ketones (excluding diaryl/α,β-unsaturated/α-hetero) is 1. The molecule has 4 aliphatic carbocycles. The van der Waals surface area contributed by atoms with E-state index in [4.69, 9.17) is 4.74 Å². The summed E-state index contributed by atoms with van der Waals surface area (Å²) in [4.78, 5) is 25.3. The summed E-state index contributed by atoms with van der Waals surface area (Å²) in [6.07, 6.45) is 9.53. The average molecular weight is 405 g/mol. The van der Waals surface area contributed by atoms with Crippen LogP contribution in [0.3, 0.4) is 0 Å². The number of hydrogen-bond acceptors (Lipinski definition) is 4. The SMILES string of the molecule is COC(=O)CC[C@H](C)[C@@H]1CC[C@@H]2[C@H]3CC[C@H]4C[C@@H](O)CC[C@]4(C)[C@@H]3CC(=O)[C@]21C. The van der Waals surface area contributed by atoms with Gasteiger partial charge in [0.2, 0.25) is 0 Å². The molecule has 0 aromatic rings. The molecule has 4 saturated carbocycles. The van der Waals surface area contributed by atoms with Crippen molar-refractivity contribution in [1.29, 1.82) is 0 Å². The third-order valence-electron chi connectivity index (χ3n) is 10.3. The highest BCUT2D eigenvalue weighted by Gasteiger charge is 2.63. The molecule has 0 aliphatic heterocycles. The summed E-state index contributed by atoms with van der Waals surface area (Å²) in [6, 6.07) is 0. The van der Waals surface area contributed by atoms with Gasteiger partial charge in [0, 0.05) is 18.3 Å². The molecular formula is C25H40O4. The minimum absolute atomic E-state index is 0.138. The summed E-state index contributed by atoms with van der Waals surface area (Å²) in [5.74, 6) is 3.37. The van der Waals surface area contributed by atoms with Gasteiger partial charge < -0.3 is 9.84 Å². The maximum atomic E-state index is 13.7. The molecule has 0 saturated heterocycles. The molecule has 0 aromatic heterocycles. The molecular weight excluding hydrogens is 364 g/mol. The van der Waals surface area contributed by atoms with Gasteiger partial charge in [0.25, 0.3) is 0 Å². The first-order valence-electron chi connectivity index (χ1n) is 12.0. The number of ketones is 1. The van der Waals surface area contributed by atoms with Crippen LogP contribution in [-0.4, -0.2) is 30.1 Å². The Kier molecular flexibility index (Phi) is 5.63. The zero-order valence-corrected chi connectivity index (χ0v) is 18.8. The van der Waals surface area contributed by atoms with Crippen LogP contribution in [0.4, 0.5) is 0 Å². The molecule has 0 bridgehead atoms. The fourth-order valence-corrected chi connectivity index (χ4v) is 8.53. The van der Waals surface area contributed by atoms with Gasteiger partial charge >= 0.3 is 5.97 Å². The Bertz CT molecular complexity index is 659. The van der Waals surface area contributed by atoms with Crippen molar-refractivity contribution >= 4 is 11.8 Å². The zero-order valence-electron chi connectivity index (χ0n) is 18.8. The van der Waals surface area contributed by atoms with E-state index >= 15 is 0 Å². The van der Waals surface area contributed by atoms with Crippen molar-refractivity contribution in [2.75, 3.05) is 7.11 Å². The quantitative estimate of drug-likeness (QED) is 0.685. The fourth-order valence-electron chi connectivity index (χ4n) is 8.53. The van der Waals surface area contributed by atoms with E-state index in [1.807, 2.05) is 0 Å². The van der Waals surface area contributed by atoms with E-state index in [1.165, 1.54) is 26.4 Å². The molecule has 4 heteroatoms. The molecule has 0 heterocycles. The second-order valence-corrected chi connectivity index (χ2v) is 11.3. The first-order chi connectivity index (χ1) is 13.7. The number of carbonyl (C=O) groups excluding carboxylic acids is 2. The van der Waals surface area contributed by atoms with Crippen LogP contribution in [-0.2, 0) is 14.3 Å². The Morgan fingerprint density at radius 3 is 2.66 bits per heavy atom. The van der Waals surface area contributed by atoms with Crippen molar-refractivity contribution in [2.45, 2.75) is 91.1 Å². The highest BCUT2D eigenvalue weighted by Crippen LogP contribution is 2.67. The lowest BCUT2D eigenvalue weighted by molar-refractivity contribution is -0.160. The van der Waals surface area contributed by atoms with Crippen molar-refractivity contribution in [2.24, 2.45) is 46.3 Å². The molecule has 4 nitrogen and oxygen atoms in total. The smallest absolute Gasteiger partial charge is 0.305 e. The van der Waals surface area contributed by atoms with E-state index in [0.717, 1.165) is 38.5 Å². The fraction of sp³-hybridized carbons (Fsp3) is 0.920. The van der Waals surface area contributed by atoms with E-state index in [1.54, 1.807) is 0 Å². The number of rotatable bonds is 4. The molecule has 0 unspecified atom stereocenters. The number of hydrogen-bond donors (Lipinski definition) is 1. The molecule has 29 heavy (non-hydrogen) atoms. The molecule has 4 aliphatic rings. The van der Waals surface area contributed by atoms with E-state index in [-0.39, 0.29) is 22.9 Å². The Labute approximate surface area is 176 Å². The largest absolute Gasteiger partial charge is 0.469 e.